The van der Waals surface area contributed by atoms with Gasteiger partial charge in [0.25, 0.3) is 0 Å². The molecule has 0 aromatic carbocycles. The zero-order valence-electron chi connectivity index (χ0n) is 5.63. The fourth-order valence-corrected chi connectivity index (χ4v) is 0.864. The minimum absolute atomic E-state index is 0.0324. The van der Waals surface area contributed by atoms with Crippen LogP contribution in [0.15, 0.2) is 0 Å². The van der Waals surface area contributed by atoms with Crippen LogP contribution in [0.25, 0.3) is 0 Å². The summed E-state index contributed by atoms with van der Waals surface area (Å²) >= 11 is 4.70. The van der Waals surface area contributed by atoms with E-state index in [9.17, 15) is 0 Å². The largest absolute Gasteiger partial charge is 0.396 e. The second kappa shape index (κ2) is 4.70. The molecule has 0 aliphatic heterocycles. The van der Waals surface area contributed by atoms with Gasteiger partial charge in [-0.3, -0.25) is 0 Å². The Kier molecular flexibility index (Phi) is 4.62. The minimum Gasteiger partial charge on any atom is -0.396 e. The zero-order valence-corrected chi connectivity index (χ0v) is 6.45. The van der Waals surface area contributed by atoms with Crippen molar-refractivity contribution in [3.63, 3.8) is 0 Å². The van der Waals surface area contributed by atoms with Gasteiger partial charge in [-0.15, -0.1) is 0 Å². The van der Waals surface area contributed by atoms with Gasteiger partial charge in [0.05, 0.1) is 11.6 Å². The maximum absolute atomic E-state index is 8.66. The molecule has 9 heavy (non-hydrogen) atoms. The molecule has 0 aliphatic carbocycles. The van der Waals surface area contributed by atoms with Gasteiger partial charge >= 0.3 is 0 Å². The van der Waals surface area contributed by atoms with E-state index in [1.165, 1.54) is 0 Å². The van der Waals surface area contributed by atoms with Crippen molar-refractivity contribution < 1.29 is 5.11 Å². The van der Waals surface area contributed by atoms with Crippen molar-refractivity contribution in [2.24, 2.45) is 11.7 Å². The van der Waals surface area contributed by atoms with Crippen LogP contribution in [0.4, 0.5) is 0 Å². The van der Waals surface area contributed by atoms with E-state index in [0.29, 0.717) is 4.99 Å². The second-order valence-electron chi connectivity index (χ2n) is 2.07. The van der Waals surface area contributed by atoms with Gasteiger partial charge in [-0.1, -0.05) is 25.6 Å². The van der Waals surface area contributed by atoms with Gasteiger partial charge in [-0.25, -0.2) is 0 Å². The highest BCUT2D eigenvalue weighted by molar-refractivity contribution is 7.80. The molecule has 0 radical (unpaired) electrons. The standard InChI is InChI=1S/C6H13NOS/c1-2-3-5(4-8)6(7)9/h5,8H,2-4H2,1H3,(H2,7,9). The zero-order chi connectivity index (χ0) is 7.28. The van der Waals surface area contributed by atoms with Crippen LogP contribution >= 0.6 is 12.2 Å². The summed E-state index contributed by atoms with van der Waals surface area (Å²) in [6.07, 6.45) is 1.91. The molecule has 0 fully saturated rings. The van der Waals surface area contributed by atoms with Crippen LogP contribution < -0.4 is 5.73 Å². The van der Waals surface area contributed by atoms with Gasteiger partial charge in [0.15, 0.2) is 0 Å². The third kappa shape index (κ3) is 3.43. The van der Waals surface area contributed by atoms with Crippen molar-refractivity contribution in [3.05, 3.63) is 0 Å². The van der Waals surface area contributed by atoms with E-state index >= 15 is 0 Å². The van der Waals surface area contributed by atoms with E-state index in [1.54, 1.807) is 0 Å². The lowest BCUT2D eigenvalue weighted by Gasteiger charge is -2.09. The average Bonchev–Trinajstić information content (AvgIpc) is 1.82. The highest BCUT2D eigenvalue weighted by atomic mass is 32.1. The number of nitrogens with two attached hydrogens (primary N) is 1. The number of aliphatic hydroxyl groups is 1. The normalized spacial score (nSPS) is 13.1. The quantitative estimate of drug-likeness (QED) is 0.575. The first-order valence-electron chi connectivity index (χ1n) is 3.12. The molecule has 0 rings (SSSR count). The van der Waals surface area contributed by atoms with Crippen LogP contribution in [0.5, 0.6) is 0 Å². The predicted molar refractivity (Wildman–Crippen MR) is 42.3 cm³/mol. The minimum atomic E-state index is 0.0324. The fourth-order valence-electron chi connectivity index (χ4n) is 0.672. The summed E-state index contributed by atoms with van der Waals surface area (Å²) in [5, 5.41) is 8.66. The molecule has 3 heteroatoms. The second-order valence-corrected chi connectivity index (χ2v) is 2.54. The van der Waals surface area contributed by atoms with E-state index < -0.39 is 0 Å². The maximum atomic E-state index is 8.66. The molecule has 0 heterocycles. The van der Waals surface area contributed by atoms with E-state index in [2.05, 4.69) is 0 Å². The summed E-state index contributed by atoms with van der Waals surface area (Å²) in [4.78, 5) is 0.430. The average molecular weight is 147 g/mol. The van der Waals surface area contributed by atoms with E-state index in [1.807, 2.05) is 6.92 Å². The maximum Gasteiger partial charge on any atom is 0.0781 e. The molecule has 0 saturated heterocycles. The molecule has 0 saturated carbocycles. The lowest BCUT2D eigenvalue weighted by Crippen LogP contribution is -2.23. The molecule has 0 spiro atoms. The van der Waals surface area contributed by atoms with Crippen molar-refractivity contribution >= 4 is 17.2 Å². The SMILES string of the molecule is CCCC(CO)C(N)=S. The highest BCUT2D eigenvalue weighted by Gasteiger charge is 2.07. The van der Waals surface area contributed by atoms with Crippen LogP contribution in [-0.2, 0) is 0 Å². The summed E-state index contributed by atoms with van der Waals surface area (Å²) in [7, 11) is 0. The van der Waals surface area contributed by atoms with Gasteiger partial charge in [-0.2, -0.15) is 0 Å². The van der Waals surface area contributed by atoms with Crippen LogP contribution in [0, 0.1) is 5.92 Å². The first kappa shape index (κ1) is 8.85. The smallest absolute Gasteiger partial charge is 0.0781 e. The summed E-state index contributed by atoms with van der Waals surface area (Å²) in [5.74, 6) is 0.0324. The Morgan fingerprint density at radius 2 is 2.33 bits per heavy atom. The first-order chi connectivity index (χ1) is 4.22. The van der Waals surface area contributed by atoms with E-state index in [0.717, 1.165) is 12.8 Å². The number of hydrogen-bond donors (Lipinski definition) is 2. The topological polar surface area (TPSA) is 46.2 Å². The van der Waals surface area contributed by atoms with Gasteiger partial charge < -0.3 is 10.8 Å². The van der Waals surface area contributed by atoms with Crippen molar-refractivity contribution in [2.45, 2.75) is 19.8 Å². The predicted octanol–water partition coefficient (Wildman–Crippen LogP) is 0.681. The van der Waals surface area contributed by atoms with Crippen LogP contribution in [0.2, 0.25) is 0 Å². The van der Waals surface area contributed by atoms with E-state index in [4.69, 9.17) is 23.1 Å². The van der Waals surface area contributed by atoms with Crippen molar-refractivity contribution in [3.8, 4) is 0 Å². The van der Waals surface area contributed by atoms with Crippen molar-refractivity contribution in [1.29, 1.82) is 0 Å². The highest BCUT2D eigenvalue weighted by Crippen LogP contribution is 2.04. The van der Waals surface area contributed by atoms with Crippen LogP contribution in [0.1, 0.15) is 19.8 Å². The van der Waals surface area contributed by atoms with E-state index in [-0.39, 0.29) is 12.5 Å². The van der Waals surface area contributed by atoms with Crippen LogP contribution in [0.3, 0.4) is 0 Å². The van der Waals surface area contributed by atoms with Gasteiger partial charge in [-0.05, 0) is 6.42 Å². The van der Waals surface area contributed by atoms with Crippen LogP contribution in [-0.4, -0.2) is 16.7 Å². The van der Waals surface area contributed by atoms with Gasteiger partial charge in [0.2, 0.25) is 0 Å². The van der Waals surface area contributed by atoms with Crippen molar-refractivity contribution in [2.75, 3.05) is 6.61 Å². The molecule has 54 valence electrons. The number of aliphatic hydroxyl groups excluding tert-OH is 1. The molecule has 0 bridgehead atoms. The van der Waals surface area contributed by atoms with Gasteiger partial charge in [0, 0.05) is 5.92 Å². The third-order valence-corrected chi connectivity index (χ3v) is 1.59. The Labute approximate surface area is 61.1 Å². The molecule has 3 N–H and O–H groups in total. The monoisotopic (exact) mass is 147 g/mol. The summed E-state index contributed by atoms with van der Waals surface area (Å²) < 4.78 is 0. The Bertz CT molecular complexity index is 95.1. The fraction of sp³-hybridized carbons (Fsp3) is 0.833. The number of thiocarbonyl (C=S) groups is 1. The Balaban J connectivity index is 3.54. The number of hydrogen-bond acceptors (Lipinski definition) is 2. The number of rotatable bonds is 4. The summed E-state index contributed by atoms with van der Waals surface area (Å²) in [6, 6.07) is 0. The Morgan fingerprint density at radius 3 is 2.44 bits per heavy atom. The summed E-state index contributed by atoms with van der Waals surface area (Å²) in [5.41, 5.74) is 5.30. The molecular formula is C6H13NOS. The third-order valence-electron chi connectivity index (χ3n) is 1.26. The lowest BCUT2D eigenvalue weighted by molar-refractivity contribution is 0.255. The molecule has 1 unspecified atom stereocenters. The molecular weight excluding hydrogens is 134 g/mol. The molecule has 0 amide bonds. The lowest BCUT2D eigenvalue weighted by atomic mass is 10.1. The summed E-state index contributed by atoms with van der Waals surface area (Å²) in [6.45, 7) is 2.13. The molecule has 1 atom stereocenters. The molecule has 0 aromatic heterocycles. The molecule has 0 aliphatic rings. The molecule has 0 aromatic rings. The Morgan fingerprint density at radius 1 is 1.78 bits per heavy atom. The van der Waals surface area contributed by atoms with Crippen molar-refractivity contribution in [1.82, 2.24) is 0 Å². The first-order valence-corrected chi connectivity index (χ1v) is 3.53. The Hall–Kier alpha value is -0.150. The van der Waals surface area contributed by atoms with Gasteiger partial charge in [0.1, 0.15) is 0 Å². The molecule has 2 nitrogen and oxygen atoms in total.